The van der Waals surface area contributed by atoms with Crippen molar-refractivity contribution in [3.8, 4) is 16.6 Å². The second kappa shape index (κ2) is 5.46. The van der Waals surface area contributed by atoms with E-state index >= 15 is 0 Å². The van der Waals surface area contributed by atoms with E-state index < -0.39 is 5.97 Å². The Balaban J connectivity index is 2.14. The van der Waals surface area contributed by atoms with Gasteiger partial charge in [-0.25, -0.2) is 4.79 Å². The minimum Gasteiger partial charge on any atom is -0.452 e. The lowest BCUT2D eigenvalue weighted by molar-refractivity contribution is -0.141. The Morgan fingerprint density at radius 3 is 2.61 bits per heavy atom. The summed E-state index contributed by atoms with van der Waals surface area (Å²) in [5, 5.41) is 1.99. The second-order valence-corrected chi connectivity index (χ2v) is 4.41. The topological polar surface area (TPSA) is 52.6 Å². The minimum absolute atomic E-state index is 0.120. The maximum atomic E-state index is 10.9. The highest BCUT2D eigenvalue weighted by atomic mass is 32.1. The molecule has 0 fully saturated rings. The lowest BCUT2D eigenvalue weighted by atomic mass is 10.2. The average Bonchev–Trinajstić information content (AvgIpc) is 2.79. The number of aldehydes is 1. The van der Waals surface area contributed by atoms with E-state index in [2.05, 4.69) is 0 Å². The fourth-order valence-electron chi connectivity index (χ4n) is 1.28. The molecule has 0 radical (unpaired) electrons. The highest BCUT2D eigenvalue weighted by molar-refractivity contribution is 7.12. The number of rotatable bonds is 4. The monoisotopic (exact) mass is 262 g/mol. The van der Waals surface area contributed by atoms with Crippen LogP contribution in [0.3, 0.4) is 0 Å². The summed E-state index contributed by atoms with van der Waals surface area (Å²) >= 11 is 1.19. The van der Waals surface area contributed by atoms with Gasteiger partial charge in [0.15, 0.2) is 5.75 Å². The molecule has 0 amide bonds. The fraction of sp³-hybridized carbons (Fsp3) is 0.0769. The number of esters is 1. The molecule has 4 nitrogen and oxygen atoms in total. The first kappa shape index (κ1) is 12.3. The molecule has 0 saturated carbocycles. The van der Waals surface area contributed by atoms with Gasteiger partial charge in [0.2, 0.25) is 11.3 Å². The first-order valence-corrected chi connectivity index (χ1v) is 6.06. The molecule has 2 rings (SSSR count). The van der Waals surface area contributed by atoms with Gasteiger partial charge >= 0.3 is 5.97 Å². The van der Waals surface area contributed by atoms with Crippen molar-refractivity contribution < 1.29 is 19.1 Å². The van der Waals surface area contributed by atoms with Gasteiger partial charge in [0.25, 0.3) is 0 Å². The van der Waals surface area contributed by atoms with Crippen LogP contribution in [0.4, 0.5) is 0 Å². The molecular formula is C13H10O4S. The summed E-state index contributed by atoms with van der Waals surface area (Å²) in [7, 11) is 0. The van der Waals surface area contributed by atoms with Crippen LogP contribution in [-0.2, 0) is 9.59 Å². The van der Waals surface area contributed by atoms with E-state index in [1.54, 1.807) is 11.4 Å². The van der Waals surface area contributed by atoms with Crippen molar-refractivity contribution >= 4 is 23.6 Å². The van der Waals surface area contributed by atoms with Crippen LogP contribution in [0, 0.1) is 6.92 Å². The first-order valence-electron chi connectivity index (χ1n) is 5.18. The van der Waals surface area contributed by atoms with Crippen LogP contribution in [0.2, 0.25) is 0 Å². The molecule has 5 heteroatoms. The molecule has 92 valence electrons. The highest BCUT2D eigenvalue weighted by Gasteiger charge is 2.12. The number of thiophene rings is 1. The third kappa shape index (κ3) is 2.95. The van der Waals surface area contributed by atoms with Crippen LogP contribution in [-0.4, -0.2) is 12.3 Å². The molecule has 1 aromatic heterocycles. The quantitative estimate of drug-likeness (QED) is 0.483. The van der Waals surface area contributed by atoms with Crippen LogP contribution in [0.25, 0.3) is 0 Å². The van der Waals surface area contributed by atoms with E-state index in [4.69, 9.17) is 9.47 Å². The van der Waals surface area contributed by atoms with Crippen molar-refractivity contribution in [3.05, 3.63) is 41.3 Å². The van der Waals surface area contributed by atoms with Crippen LogP contribution in [0.15, 0.2) is 35.7 Å². The van der Waals surface area contributed by atoms with Crippen molar-refractivity contribution in [2.75, 3.05) is 0 Å². The molecule has 0 unspecified atom stereocenters. The normalized spacial score (nSPS) is 9.83. The van der Waals surface area contributed by atoms with Gasteiger partial charge in [0, 0.05) is 0 Å². The Labute approximate surface area is 108 Å². The summed E-state index contributed by atoms with van der Waals surface area (Å²) in [5.41, 5.74) is 1.13. The number of hydrogen-bond donors (Lipinski definition) is 0. The third-order valence-corrected chi connectivity index (χ3v) is 2.90. The van der Waals surface area contributed by atoms with E-state index in [9.17, 15) is 9.59 Å². The summed E-state index contributed by atoms with van der Waals surface area (Å²) < 4.78 is 10.4. The molecule has 0 aliphatic heterocycles. The molecule has 0 atom stereocenters. The average molecular weight is 262 g/mol. The Bertz CT molecular complexity index is 557. The zero-order valence-corrected chi connectivity index (χ0v) is 10.4. The van der Waals surface area contributed by atoms with Gasteiger partial charge in [-0.1, -0.05) is 17.7 Å². The van der Waals surface area contributed by atoms with Gasteiger partial charge < -0.3 is 9.47 Å². The summed E-state index contributed by atoms with van der Waals surface area (Å²) in [5.74, 6) is 0.118. The molecule has 0 saturated heterocycles. The molecule has 0 bridgehead atoms. The number of ether oxygens (including phenoxy) is 2. The summed E-state index contributed by atoms with van der Waals surface area (Å²) in [6.07, 6.45) is 0.120. The predicted octanol–water partition coefficient (Wildman–Crippen LogP) is 2.95. The third-order valence-electron chi connectivity index (χ3n) is 2.13. The van der Waals surface area contributed by atoms with E-state index in [1.165, 1.54) is 11.3 Å². The molecule has 18 heavy (non-hydrogen) atoms. The number of aryl methyl sites for hydroxylation is 1. The Morgan fingerprint density at radius 2 is 1.94 bits per heavy atom. The SMILES string of the molecule is Cc1ccc(Oc2ccsc2OC(=O)C=O)cc1. The van der Waals surface area contributed by atoms with Gasteiger partial charge in [0.1, 0.15) is 5.75 Å². The molecule has 2 aromatic rings. The lowest BCUT2D eigenvalue weighted by Gasteiger charge is -2.06. The van der Waals surface area contributed by atoms with Gasteiger partial charge in [-0.05, 0) is 30.5 Å². The van der Waals surface area contributed by atoms with E-state index in [0.717, 1.165) is 5.56 Å². The van der Waals surface area contributed by atoms with Gasteiger partial charge in [0.05, 0.1) is 0 Å². The zero-order chi connectivity index (χ0) is 13.0. The van der Waals surface area contributed by atoms with Crippen LogP contribution in [0.5, 0.6) is 16.6 Å². The van der Waals surface area contributed by atoms with Crippen LogP contribution < -0.4 is 9.47 Å². The smallest absolute Gasteiger partial charge is 0.377 e. The molecular weight excluding hydrogens is 252 g/mol. The number of carbonyl (C=O) groups excluding carboxylic acids is 2. The van der Waals surface area contributed by atoms with Gasteiger partial charge in [-0.15, -0.1) is 11.3 Å². The molecule has 0 N–H and O–H groups in total. The highest BCUT2D eigenvalue weighted by Crippen LogP contribution is 2.36. The van der Waals surface area contributed by atoms with Crippen molar-refractivity contribution in [1.29, 1.82) is 0 Å². The Morgan fingerprint density at radius 1 is 1.22 bits per heavy atom. The van der Waals surface area contributed by atoms with E-state index in [-0.39, 0.29) is 11.3 Å². The predicted molar refractivity (Wildman–Crippen MR) is 67.3 cm³/mol. The number of benzene rings is 1. The minimum atomic E-state index is -0.939. The largest absolute Gasteiger partial charge is 0.452 e. The maximum Gasteiger partial charge on any atom is 0.377 e. The fourth-order valence-corrected chi connectivity index (χ4v) is 1.95. The molecule has 1 heterocycles. The van der Waals surface area contributed by atoms with E-state index in [1.807, 2.05) is 31.2 Å². The Hall–Kier alpha value is -2.14. The first-order chi connectivity index (χ1) is 8.69. The van der Waals surface area contributed by atoms with E-state index in [0.29, 0.717) is 11.5 Å². The van der Waals surface area contributed by atoms with Crippen molar-refractivity contribution in [2.24, 2.45) is 0 Å². The second-order valence-electron chi connectivity index (χ2n) is 3.53. The van der Waals surface area contributed by atoms with Gasteiger partial charge in [-0.2, -0.15) is 0 Å². The molecule has 0 aliphatic carbocycles. The maximum absolute atomic E-state index is 10.9. The van der Waals surface area contributed by atoms with Crippen molar-refractivity contribution in [2.45, 2.75) is 6.92 Å². The number of hydrogen-bond acceptors (Lipinski definition) is 5. The summed E-state index contributed by atoms with van der Waals surface area (Å²) in [6.45, 7) is 1.98. The standard InChI is InChI=1S/C13H10O4S/c1-9-2-4-10(5-3-9)16-11-6-7-18-13(11)17-12(15)8-14/h2-8H,1H3. The van der Waals surface area contributed by atoms with Gasteiger partial charge in [-0.3, -0.25) is 4.79 Å². The van der Waals surface area contributed by atoms with Crippen molar-refractivity contribution in [1.82, 2.24) is 0 Å². The molecule has 0 spiro atoms. The van der Waals surface area contributed by atoms with Crippen LogP contribution >= 0.6 is 11.3 Å². The molecule has 1 aromatic carbocycles. The Kier molecular flexibility index (Phi) is 3.74. The zero-order valence-electron chi connectivity index (χ0n) is 9.58. The lowest BCUT2D eigenvalue weighted by Crippen LogP contribution is -2.07. The summed E-state index contributed by atoms with van der Waals surface area (Å²) in [4.78, 5) is 21.1. The van der Waals surface area contributed by atoms with Crippen molar-refractivity contribution in [3.63, 3.8) is 0 Å². The molecule has 0 aliphatic rings. The summed E-state index contributed by atoms with van der Waals surface area (Å²) in [6, 6.07) is 9.15. The number of carbonyl (C=O) groups is 2. The van der Waals surface area contributed by atoms with Crippen LogP contribution in [0.1, 0.15) is 5.56 Å².